The van der Waals surface area contributed by atoms with Crippen molar-refractivity contribution in [2.75, 3.05) is 0 Å². The van der Waals surface area contributed by atoms with E-state index in [4.69, 9.17) is 9.52 Å². The highest BCUT2D eigenvalue weighted by Gasteiger charge is 2.22. The van der Waals surface area contributed by atoms with Crippen LogP contribution in [0.25, 0.3) is 10.8 Å². The first kappa shape index (κ1) is 14.3. The van der Waals surface area contributed by atoms with E-state index in [2.05, 4.69) is 10.3 Å². The lowest BCUT2D eigenvalue weighted by molar-refractivity contribution is -0.139. The lowest BCUT2D eigenvalue weighted by atomic mass is 10.2. The van der Waals surface area contributed by atoms with Crippen LogP contribution in [0.3, 0.4) is 0 Å². The summed E-state index contributed by atoms with van der Waals surface area (Å²) in [5.41, 5.74) is 0.237. The Morgan fingerprint density at radius 3 is 2.85 bits per heavy atom. The Balaban J connectivity index is 2.21. The third kappa shape index (κ3) is 2.88. The number of rotatable bonds is 5. The molecule has 2 N–H and O–H groups in total. The second kappa shape index (κ2) is 5.87. The zero-order valence-corrected chi connectivity index (χ0v) is 11.9. The largest absolute Gasteiger partial charge is 0.480 e. The summed E-state index contributed by atoms with van der Waals surface area (Å²) in [5, 5.41) is 12.0. The molecule has 6 nitrogen and oxygen atoms in total. The van der Waals surface area contributed by atoms with Gasteiger partial charge in [0.2, 0.25) is 0 Å². The molecule has 7 heteroatoms. The number of aromatic nitrogens is 1. The highest BCUT2D eigenvalue weighted by molar-refractivity contribution is 7.15. The Bertz CT molecular complexity index is 618. The van der Waals surface area contributed by atoms with Gasteiger partial charge in [0.25, 0.3) is 5.91 Å². The van der Waals surface area contributed by atoms with E-state index in [1.54, 1.807) is 26.0 Å². The number of hydrogen-bond donors (Lipinski definition) is 2. The monoisotopic (exact) mass is 294 g/mol. The number of carboxylic acids is 1. The molecule has 2 aromatic heterocycles. The van der Waals surface area contributed by atoms with Crippen LogP contribution in [-0.4, -0.2) is 28.0 Å². The SMILES string of the molecule is CC[C@H](NC(=O)c1nc(-c2ccco2)sc1C)C(=O)O. The standard InChI is InChI=1S/C13H14N2O4S/c1-3-8(13(17)18)14-11(16)10-7(2)20-12(15-10)9-5-4-6-19-9/h4-6,8H,3H2,1-2H3,(H,14,16)(H,17,18)/t8-/m0/s1. The maximum Gasteiger partial charge on any atom is 0.326 e. The van der Waals surface area contributed by atoms with Gasteiger partial charge in [-0.2, -0.15) is 0 Å². The minimum absolute atomic E-state index is 0.237. The molecule has 0 bridgehead atoms. The van der Waals surface area contributed by atoms with E-state index in [1.807, 2.05) is 0 Å². The van der Waals surface area contributed by atoms with Gasteiger partial charge in [0.1, 0.15) is 11.7 Å². The lowest BCUT2D eigenvalue weighted by Crippen LogP contribution is -2.40. The van der Waals surface area contributed by atoms with Crippen LogP contribution in [0.1, 0.15) is 28.7 Å². The number of amides is 1. The number of carbonyl (C=O) groups excluding carboxylic acids is 1. The van der Waals surface area contributed by atoms with Crippen molar-refractivity contribution in [2.45, 2.75) is 26.3 Å². The third-order valence-corrected chi connectivity index (χ3v) is 3.74. The lowest BCUT2D eigenvalue weighted by Gasteiger charge is -2.11. The maximum absolute atomic E-state index is 12.1. The quantitative estimate of drug-likeness (QED) is 0.882. The molecule has 2 rings (SSSR count). The van der Waals surface area contributed by atoms with Gasteiger partial charge in [0, 0.05) is 4.88 Å². The Kier molecular flexibility index (Phi) is 4.19. The highest BCUT2D eigenvalue weighted by Crippen LogP contribution is 2.27. The predicted octanol–water partition coefficient (Wildman–Crippen LogP) is 2.30. The van der Waals surface area contributed by atoms with Crippen molar-refractivity contribution >= 4 is 23.2 Å². The van der Waals surface area contributed by atoms with E-state index in [-0.39, 0.29) is 5.69 Å². The minimum Gasteiger partial charge on any atom is -0.480 e. The number of carboxylic acid groups (broad SMARTS) is 1. The van der Waals surface area contributed by atoms with Crippen LogP contribution in [0.5, 0.6) is 0 Å². The molecule has 106 valence electrons. The fraction of sp³-hybridized carbons (Fsp3) is 0.308. The summed E-state index contributed by atoms with van der Waals surface area (Å²) in [7, 11) is 0. The van der Waals surface area contributed by atoms with Crippen LogP contribution in [0, 0.1) is 6.92 Å². The number of furan rings is 1. The molecule has 0 aliphatic carbocycles. The highest BCUT2D eigenvalue weighted by atomic mass is 32.1. The first-order valence-electron chi connectivity index (χ1n) is 6.08. The smallest absolute Gasteiger partial charge is 0.326 e. The molecule has 0 saturated carbocycles. The second-order valence-electron chi connectivity index (χ2n) is 4.17. The van der Waals surface area contributed by atoms with Gasteiger partial charge in [-0.05, 0) is 25.5 Å². The van der Waals surface area contributed by atoms with Gasteiger partial charge in [-0.25, -0.2) is 9.78 Å². The molecular formula is C13H14N2O4S. The summed E-state index contributed by atoms with van der Waals surface area (Å²) in [6.07, 6.45) is 1.85. The van der Waals surface area contributed by atoms with Crippen LogP contribution in [0.2, 0.25) is 0 Å². The van der Waals surface area contributed by atoms with Crippen LogP contribution < -0.4 is 5.32 Å². The van der Waals surface area contributed by atoms with Crippen molar-refractivity contribution in [2.24, 2.45) is 0 Å². The van der Waals surface area contributed by atoms with Gasteiger partial charge in [-0.15, -0.1) is 11.3 Å². The molecule has 2 aromatic rings. The van der Waals surface area contributed by atoms with Gasteiger partial charge >= 0.3 is 5.97 Å². The molecule has 1 amide bonds. The van der Waals surface area contributed by atoms with Crippen molar-refractivity contribution in [1.29, 1.82) is 0 Å². The van der Waals surface area contributed by atoms with Crippen molar-refractivity contribution in [3.8, 4) is 10.8 Å². The fourth-order valence-corrected chi connectivity index (χ4v) is 2.56. The first-order chi connectivity index (χ1) is 9.52. The molecular weight excluding hydrogens is 280 g/mol. The van der Waals surface area contributed by atoms with Crippen molar-refractivity contribution < 1.29 is 19.1 Å². The van der Waals surface area contributed by atoms with E-state index in [0.29, 0.717) is 22.1 Å². The Labute approximate surface area is 119 Å². The molecule has 20 heavy (non-hydrogen) atoms. The predicted molar refractivity (Wildman–Crippen MR) is 73.7 cm³/mol. The number of aliphatic carboxylic acids is 1. The normalized spacial score (nSPS) is 12.1. The molecule has 0 aliphatic rings. The number of thiazole rings is 1. The third-order valence-electron chi connectivity index (χ3n) is 2.76. The van der Waals surface area contributed by atoms with Crippen LogP contribution in [0.15, 0.2) is 22.8 Å². The molecule has 0 aromatic carbocycles. The van der Waals surface area contributed by atoms with Crippen molar-refractivity contribution in [3.63, 3.8) is 0 Å². The maximum atomic E-state index is 12.1. The van der Waals surface area contributed by atoms with Gasteiger partial charge in [-0.3, -0.25) is 4.79 Å². The van der Waals surface area contributed by atoms with Gasteiger partial charge in [0.15, 0.2) is 10.8 Å². The van der Waals surface area contributed by atoms with E-state index in [0.717, 1.165) is 0 Å². The minimum atomic E-state index is -1.06. The molecule has 2 heterocycles. The van der Waals surface area contributed by atoms with Crippen LogP contribution >= 0.6 is 11.3 Å². The average Bonchev–Trinajstić information content (AvgIpc) is 3.03. The number of aryl methyl sites for hydroxylation is 1. The zero-order valence-electron chi connectivity index (χ0n) is 11.0. The van der Waals surface area contributed by atoms with Crippen LogP contribution in [0.4, 0.5) is 0 Å². The Morgan fingerprint density at radius 2 is 2.30 bits per heavy atom. The summed E-state index contributed by atoms with van der Waals surface area (Å²) in [6, 6.07) is 2.59. The molecule has 0 spiro atoms. The van der Waals surface area contributed by atoms with E-state index in [1.165, 1.54) is 17.6 Å². The first-order valence-corrected chi connectivity index (χ1v) is 6.89. The summed E-state index contributed by atoms with van der Waals surface area (Å²) in [5.74, 6) is -0.951. The summed E-state index contributed by atoms with van der Waals surface area (Å²) in [6.45, 7) is 3.46. The molecule has 0 unspecified atom stereocenters. The van der Waals surface area contributed by atoms with Crippen molar-refractivity contribution in [1.82, 2.24) is 10.3 Å². The fourth-order valence-electron chi connectivity index (χ4n) is 1.68. The number of carbonyl (C=O) groups is 2. The Hall–Kier alpha value is -2.15. The topological polar surface area (TPSA) is 92.4 Å². The van der Waals surface area contributed by atoms with Gasteiger partial charge < -0.3 is 14.8 Å². The van der Waals surface area contributed by atoms with Crippen LogP contribution in [-0.2, 0) is 4.79 Å². The van der Waals surface area contributed by atoms with Gasteiger partial charge in [-0.1, -0.05) is 6.92 Å². The number of nitrogens with zero attached hydrogens (tertiary/aromatic N) is 1. The number of nitrogens with one attached hydrogen (secondary N) is 1. The molecule has 0 fully saturated rings. The van der Waals surface area contributed by atoms with E-state index in [9.17, 15) is 9.59 Å². The summed E-state index contributed by atoms with van der Waals surface area (Å²) >= 11 is 1.33. The Morgan fingerprint density at radius 1 is 1.55 bits per heavy atom. The second-order valence-corrected chi connectivity index (χ2v) is 5.38. The zero-order chi connectivity index (χ0) is 14.7. The molecule has 0 radical (unpaired) electrons. The molecule has 0 saturated heterocycles. The number of hydrogen-bond acceptors (Lipinski definition) is 5. The summed E-state index contributed by atoms with van der Waals surface area (Å²) < 4.78 is 5.23. The van der Waals surface area contributed by atoms with E-state index >= 15 is 0 Å². The van der Waals surface area contributed by atoms with Gasteiger partial charge in [0.05, 0.1) is 6.26 Å². The van der Waals surface area contributed by atoms with Crippen molar-refractivity contribution in [3.05, 3.63) is 29.0 Å². The molecule has 0 aliphatic heterocycles. The van der Waals surface area contributed by atoms with E-state index < -0.39 is 17.9 Å². The summed E-state index contributed by atoms with van der Waals surface area (Å²) in [4.78, 5) is 27.9. The average molecular weight is 294 g/mol. The molecule has 1 atom stereocenters.